The summed E-state index contributed by atoms with van der Waals surface area (Å²) >= 11 is 5.84. The lowest BCUT2D eigenvalue weighted by Crippen LogP contribution is -2.39. The quantitative estimate of drug-likeness (QED) is 0.829. The molecule has 0 bridgehead atoms. The van der Waals surface area contributed by atoms with Crippen molar-refractivity contribution in [2.24, 2.45) is 7.05 Å². The third-order valence-corrected chi connectivity index (χ3v) is 4.39. The molecule has 1 fully saturated rings. The van der Waals surface area contributed by atoms with Gasteiger partial charge in [0.25, 0.3) is 10.0 Å². The van der Waals surface area contributed by atoms with Crippen LogP contribution in [0.2, 0.25) is 5.15 Å². The molecule has 0 amide bonds. The highest BCUT2D eigenvalue weighted by molar-refractivity contribution is 7.89. The van der Waals surface area contributed by atoms with Gasteiger partial charge in [0, 0.05) is 13.6 Å². The van der Waals surface area contributed by atoms with E-state index in [4.69, 9.17) is 21.1 Å². The lowest BCUT2D eigenvalue weighted by molar-refractivity contribution is -0.0847. The molecule has 1 aliphatic rings. The highest BCUT2D eigenvalue weighted by Crippen LogP contribution is 2.18. The summed E-state index contributed by atoms with van der Waals surface area (Å²) in [5.41, 5.74) is 0. The molecule has 1 N–H and O–H groups in total. The average Bonchev–Trinajstić information content (AvgIpc) is 2.70. The Kier molecular flexibility index (Phi) is 4.23. The number of rotatable bonds is 4. The monoisotopic (exact) mass is 295 g/mol. The molecule has 1 atom stereocenters. The molecular formula is C9H14ClN3O4S. The SMILES string of the molecule is Cn1cnc(S(=O)(=O)NCC2COCCO2)c1Cl. The van der Waals surface area contributed by atoms with Crippen LogP contribution in [0.3, 0.4) is 0 Å². The molecule has 1 aromatic rings. The predicted molar refractivity (Wildman–Crippen MR) is 64.0 cm³/mol. The van der Waals surface area contributed by atoms with Gasteiger partial charge in [0.05, 0.1) is 32.3 Å². The predicted octanol–water partition coefficient (Wildman–Crippen LogP) is -0.233. The van der Waals surface area contributed by atoms with Crippen LogP contribution in [0.1, 0.15) is 0 Å². The topological polar surface area (TPSA) is 82.5 Å². The van der Waals surface area contributed by atoms with E-state index in [-0.39, 0.29) is 22.8 Å². The number of sulfonamides is 1. The third-order valence-electron chi connectivity index (χ3n) is 2.47. The molecule has 2 heterocycles. The van der Waals surface area contributed by atoms with Gasteiger partial charge in [-0.25, -0.2) is 18.1 Å². The fourth-order valence-corrected chi connectivity index (χ4v) is 2.99. The van der Waals surface area contributed by atoms with Crippen LogP contribution in [0.5, 0.6) is 0 Å². The number of aromatic nitrogens is 2. The summed E-state index contributed by atoms with van der Waals surface area (Å²) in [7, 11) is -2.10. The molecule has 1 aliphatic heterocycles. The normalized spacial score (nSPS) is 21.1. The zero-order valence-corrected chi connectivity index (χ0v) is 11.4. The van der Waals surface area contributed by atoms with E-state index in [1.807, 2.05) is 0 Å². The van der Waals surface area contributed by atoms with Crippen LogP contribution >= 0.6 is 11.6 Å². The van der Waals surface area contributed by atoms with Crippen molar-refractivity contribution in [3.05, 3.63) is 11.5 Å². The maximum absolute atomic E-state index is 11.9. The van der Waals surface area contributed by atoms with Crippen LogP contribution in [-0.4, -0.2) is 50.4 Å². The van der Waals surface area contributed by atoms with Crippen molar-refractivity contribution >= 4 is 21.6 Å². The van der Waals surface area contributed by atoms with Gasteiger partial charge >= 0.3 is 0 Å². The van der Waals surface area contributed by atoms with E-state index >= 15 is 0 Å². The van der Waals surface area contributed by atoms with Gasteiger partial charge in [-0.2, -0.15) is 0 Å². The molecule has 18 heavy (non-hydrogen) atoms. The highest BCUT2D eigenvalue weighted by atomic mass is 35.5. The van der Waals surface area contributed by atoms with Crippen molar-refractivity contribution in [2.75, 3.05) is 26.4 Å². The molecule has 0 aliphatic carbocycles. The van der Waals surface area contributed by atoms with Gasteiger partial charge in [-0.15, -0.1) is 0 Å². The second kappa shape index (κ2) is 5.54. The summed E-state index contributed by atoms with van der Waals surface area (Å²) in [4.78, 5) is 3.76. The third kappa shape index (κ3) is 3.01. The largest absolute Gasteiger partial charge is 0.376 e. The second-order valence-corrected chi connectivity index (χ2v) is 5.91. The highest BCUT2D eigenvalue weighted by Gasteiger charge is 2.24. The molecule has 1 saturated heterocycles. The van der Waals surface area contributed by atoms with Crippen molar-refractivity contribution in [3.8, 4) is 0 Å². The lowest BCUT2D eigenvalue weighted by Gasteiger charge is -2.22. The van der Waals surface area contributed by atoms with E-state index in [0.29, 0.717) is 19.8 Å². The first-order valence-electron chi connectivity index (χ1n) is 5.36. The summed E-state index contributed by atoms with van der Waals surface area (Å²) in [6, 6.07) is 0. The molecule has 0 spiro atoms. The number of ether oxygens (including phenoxy) is 2. The maximum Gasteiger partial charge on any atom is 0.261 e. The Morgan fingerprint density at radius 1 is 1.61 bits per heavy atom. The molecule has 1 aromatic heterocycles. The summed E-state index contributed by atoms with van der Waals surface area (Å²) in [6.45, 7) is 1.51. The van der Waals surface area contributed by atoms with Crippen molar-refractivity contribution in [1.82, 2.24) is 14.3 Å². The first kappa shape index (κ1) is 13.8. The first-order chi connectivity index (χ1) is 8.50. The molecule has 0 aromatic carbocycles. The summed E-state index contributed by atoms with van der Waals surface area (Å²) in [6.07, 6.45) is 1.06. The molecule has 7 nitrogen and oxygen atoms in total. The Morgan fingerprint density at radius 3 is 2.94 bits per heavy atom. The van der Waals surface area contributed by atoms with Crippen LogP contribution in [0.15, 0.2) is 11.4 Å². The summed E-state index contributed by atoms with van der Waals surface area (Å²) < 4.78 is 38.2. The van der Waals surface area contributed by atoms with Crippen molar-refractivity contribution in [2.45, 2.75) is 11.1 Å². The van der Waals surface area contributed by atoms with E-state index in [1.54, 1.807) is 7.05 Å². The zero-order valence-electron chi connectivity index (χ0n) is 9.80. The summed E-state index contributed by atoms with van der Waals surface area (Å²) in [5, 5.41) is -0.105. The molecule has 1 unspecified atom stereocenters. The zero-order chi connectivity index (χ0) is 13.2. The van der Waals surface area contributed by atoms with Crippen LogP contribution in [0.25, 0.3) is 0 Å². The number of nitrogens with zero attached hydrogens (tertiary/aromatic N) is 2. The Bertz CT molecular complexity index is 510. The van der Waals surface area contributed by atoms with Gasteiger partial charge in [0.2, 0.25) is 5.03 Å². The second-order valence-electron chi connectivity index (χ2n) is 3.87. The van der Waals surface area contributed by atoms with E-state index in [0.717, 1.165) is 0 Å². The van der Waals surface area contributed by atoms with Gasteiger partial charge in [-0.1, -0.05) is 11.6 Å². The fourth-order valence-electron chi connectivity index (χ4n) is 1.50. The maximum atomic E-state index is 11.9. The molecule has 102 valence electrons. The van der Waals surface area contributed by atoms with Gasteiger partial charge < -0.3 is 14.0 Å². The van der Waals surface area contributed by atoms with Gasteiger partial charge in [-0.3, -0.25) is 0 Å². The lowest BCUT2D eigenvalue weighted by atomic mass is 10.3. The minimum atomic E-state index is -3.72. The Labute approximate surface area is 110 Å². The minimum absolute atomic E-state index is 0.0725. The number of hydrogen-bond acceptors (Lipinski definition) is 5. The van der Waals surface area contributed by atoms with Gasteiger partial charge in [-0.05, 0) is 0 Å². The Morgan fingerprint density at radius 2 is 2.39 bits per heavy atom. The Hall–Kier alpha value is -0.670. The first-order valence-corrected chi connectivity index (χ1v) is 7.22. The van der Waals surface area contributed by atoms with Crippen LogP contribution in [-0.2, 0) is 26.5 Å². The average molecular weight is 296 g/mol. The van der Waals surface area contributed by atoms with E-state index < -0.39 is 10.0 Å². The Balaban J connectivity index is 2.01. The van der Waals surface area contributed by atoms with E-state index in [9.17, 15) is 8.42 Å². The number of aryl methyl sites for hydroxylation is 1. The van der Waals surface area contributed by atoms with Gasteiger partial charge in [0.1, 0.15) is 5.15 Å². The smallest absolute Gasteiger partial charge is 0.261 e. The minimum Gasteiger partial charge on any atom is -0.376 e. The van der Waals surface area contributed by atoms with Crippen molar-refractivity contribution in [3.63, 3.8) is 0 Å². The number of imidazole rings is 1. The fraction of sp³-hybridized carbons (Fsp3) is 0.667. The van der Waals surface area contributed by atoms with E-state index in [2.05, 4.69) is 9.71 Å². The number of halogens is 1. The van der Waals surface area contributed by atoms with Crippen LogP contribution < -0.4 is 4.72 Å². The molecule has 9 heteroatoms. The number of nitrogens with one attached hydrogen (secondary N) is 1. The van der Waals surface area contributed by atoms with E-state index in [1.165, 1.54) is 10.9 Å². The standard InChI is InChI=1S/C9H14ClN3O4S/c1-13-6-11-9(8(13)10)18(14,15)12-4-7-5-16-2-3-17-7/h6-7,12H,2-5H2,1H3. The van der Waals surface area contributed by atoms with Crippen LogP contribution in [0, 0.1) is 0 Å². The molecule has 2 rings (SSSR count). The van der Waals surface area contributed by atoms with Crippen molar-refractivity contribution < 1.29 is 17.9 Å². The van der Waals surface area contributed by atoms with Gasteiger partial charge in [0.15, 0.2) is 0 Å². The molecule has 0 radical (unpaired) electrons. The van der Waals surface area contributed by atoms with Crippen LogP contribution in [0.4, 0.5) is 0 Å². The summed E-state index contributed by atoms with van der Waals surface area (Å²) in [5.74, 6) is 0. The molecule has 0 saturated carbocycles. The molecular weight excluding hydrogens is 282 g/mol. The van der Waals surface area contributed by atoms with Crippen molar-refractivity contribution in [1.29, 1.82) is 0 Å². The number of hydrogen-bond donors (Lipinski definition) is 1.